The first-order valence-corrected chi connectivity index (χ1v) is 5.12. The fraction of sp³-hybridized carbons (Fsp3) is 0.300. The van der Waals surface area contributed by atoms with Crippen molar-refractivity contribution in [2.24, 2.45) is 5.73 Å². The van der Waals surface area contributed by atoms with Crippen molar-refractivity contribution >= 4 is 27.5 Å². The van der Waals surface area contributed by atoms with Gasteiger partial charge < -0.3 is 11.1 Å². The molecular weight excluding hydrogens is 244 g/mol. The molecule has 1 amide bonds. The van der Waals surface area contributed by atoms with Gasteiger partial charge in [-0.2, -0.15) is 0 Å². The van der Waals surface area contributed by atoms with E-state index in [0.29, 0.717) is 0 Å². The molecule has 1 atom stereocenters. The number of amides is 1. The summed E-state index contributed by atoms with van der Waals surface area (Å²) in [4.78, 5) is 11.3. The minimum absolute atomic E-state index is 0.174. The molecule has 76 valence electrons. The van der Waals surface area contributed by atoms with Gasteiger partial charge in [-0.25, -0.2) is 0 Å². The second kappa shape index (κ2) is 4.57. The Hall–Kier alpha value is -0.870. The average Bonchev–Trinajstić information content (AvgIpc) is 2.11. The first-order chi connectivity index (χ1) is 6.50. The highest BCUT2D eigenvalue weighted by atomic mass is 79.9. The number of hydrogen-bond acceptors (Lipinski definition) is 2. The third kappa shape index (κ3) is 2.82. The lowest BCUT2D eigenvalue weighted by atomic mass is 10.2. The fourth-order valence-electron chi connectivity index (χ4n) is 0.979. The number of hydrogen-bond donors (Lipinski definition) is 2. The topological polar surface area (TPSA) is 55.1 Å². The summed E-state index contributed by atoms with van der Waals surface area (Å²) in [6.45, 7) is 3.62. The van der Waals surface area contributed by atoms with Crippen molar-refractivity contribution in [2.45, 2.75) is 19.9 Å². The summed E-state index contributed by atoms with van der Waals surface area (Å²) in [7, 11) is 0. The van der Waals surface area contributed by atoms with E-state index in [1.54, 1.807) is 6.92 Å². The Morgan fingerprint density at radius 2 is 2.21 bits per heavy atom. The molecule has 0 aliphatic rings. The average molecular weight is 257 g/mol. The van der Waals surface area contributed by atoms with Gasteiger partial charge in [-0.15, -0.1) is 0 Å². The van der Waals surface area contributed by atoms with Gasteiger partial charge in [0, 0.05) is 10.2 Å². The van der Waals surface area contributed by atoms with Crippen LogP contribution >= 0.6 is 15.9 Å². The minimum atomic E-state index is -0.487. The molecule has 0 unspecified atom stereocenters. The first-order valence-electron chi connectivity index (χ1n) is 4.33. The van der Waals surface area contributed by atoms with E-state index in [1.165, 1.54) is 0 Å². The Bertz CT molecular complexity index is 350. The second-order valence-electron chi connectivity index (χ2n) is 3.24. The van der Waals surface area contributed by atoms with Gasteiger partial charge >= 0.3 is 0 Å². The van der Waals surface area contributed by atoms with Gasteiger partial charge in [-0.05, 0) is 37.6 Å². The summed E-state index contributed by atoms with van der Waals surface area (Å²) in [6, 6.07) is 5.13. The molecular formula is C10H13BrN2O. The highest BCUT2D eigenvalue weighted by Crippen LogP contribution is 2.19. The number of rotatable bonds is 2. The minimum Gasteiger partial charge on any atom is -0.325 e. The Morgan fingerprint density at radius 1 is 1.57 bits per heavy atom. The van der Waals surface area contributed by atoms with Crippen LogP contribution in [0.3, 0.4) is 0 Å². The van der Waals surface area contributed by atoms with Crippen LogP contribution < -0.4 is 11.1 Å². The summed E-state index contributed by atoms with van der Waals surface area (Å²) < 4.78 is 1.02. The molecule has 1 aromatic carbocycles. The van der Waals surface area contributed by atoms with E-state index >= 15 is 0 Å². The van der Waals surface area contributed by atoms with Crippen LogP contribution in [0.15, 0.2) is 22.7 Å². The predicted molar refractivity (Wildman–Crippen MR) is 61.2 cm³/mol. The molecule has 0 aliphatic carbocycles. The predicted octanol–water partition coefficient (Wildman–Crippen LogP) is 2.04. The number of benzene rings is 1. The molecule has 0 aromatic heterocycles. The van der Waals surface area contributed by atoms with Gasteiger partial charge in [0.2, 0.25) is 5.91 Å². The maximum Gasteiger partial charge on any atom is 0.240 e. The monoisotopic (exact) mass is 256 g/mol. The number of carbonyl (C=O) groups is 1. The zero-order chi connectivity index (χ0) is 10.7. The number of aryl methyl sites for hydroxylation is 1. The molecule has 3 N–H and O–H groups in total. The lowest BCUT2D eigenvalue weighted by Gasteiger charge is -2.08. The van der Waals surface area contributed by atoms with Crippen LogP contribution in [-0.4, -0.2) is 11.9 Å². The molecule has 3 nitrogen and oxygen atoms in total. The first kappa shape index (κ1) is 11.2. The maximum atomic E-state index is 11.3. The fourth-order valence-corrected chi connectivity index (χ4v) is 1.23. The summed E-state index contributed by atoms with van der Waals surface area (Å²) in [6.07, 6.45) is 0. The normalized spacial score (nSPS) is 12.3. The van der Waals surface area contributed by atoms with Gasteiger partial charge in [0.15, 0.2) is 0 Å². The quantitative estimate of drug-likeness (QED) is 0.851. The van der Waals surface area contributed by atoms with Crippen LogP contribution in [0.5, 0.6) is 0 Å². The van der Waals surface area contributed by atoms with Crippen molar-refractivity contribution in [1.29, 1.82) is 0 Å². The summed E-state index contributed by atoms with van der Waals surface area (Å²) >= 11 is 3.39. The molecule has 1 aromatic rings. The van der Waals surface area contributed by atoms with Crippen molar-refractivity contribution in [1.82, 2.24) is 0 Å². The molecule has 0 saturated heterocycles. The van der Waals surface area contributed by atoms with Crippen LogP contribution in [0.25, 0.3) is 0 Å². The van der Waals surface area contributed by atoms with E-state index in [1.807, 2.05) is 25.1 Å². The van der Waals surface area contributed by atoms with Gasteiger partial charge in [0.25, 0.3) is 0 Å². The number of carbonyl (C=O) groups excluding carboxylic acids is 1. The van der Waals surface area contributed by atoms with Gasteiger partial charge in [-0.1, -0.05) is 15.9 Å². The van der Waals surface area contributed by atoms with Crippen LogP contribution in [0.1, 0.15) is 12.5 Å². The zero-order valence-corrected chi connectivity index (χ0v) is 9.76. The van der Waals surface area contributed by atoms with Crippen molar-refractivity contribution in [3.05, 3.63) is 28.2 Å². The largest absolute Gasteiger partial charge is 0.325 e. The van der Waals surface area contributed by atoms with E-state index in [2.05, 4.69) is 21.2 Å². The van der Waals surface area contributed by atoms with Crippen molar-refractivity contribution < 1.29 is 4.79 Å². The van der Waals surface area contributed by atoms with Crippen molar-refractivity contribution in [3.63, 3.8) is 0 Å². The lowest BCUT2D eigenvalue weighted by Crippen LogP contribution is -2.32. The van der Waals surface area contributed by atoms with Crippen LogP contribution in [0.4, 0.5) is 5.69 Å². The number of anilines is 1. The smallest absolute Gasteiger partial charge is 0.240 e. The van der Waals surface area contributed by atoms with E-state index in [4.69, 9.17) is 5.73 Å². The Morgan fingerprint density at radius 3 is 2.71 bits per heavy atom. The second-order valence-corrected chi connectivity index (χ2v) is 4.10. The Balaban J connectivity index is 2.78. The molecule has 0 bridgehead atoms. The summed E-state index contributed by atoms with van der Waals surface area (Å²) in [5.74, 6) is -0.174. The molecule has 0 fully saturated rings. The molecule has 0 saturated carbocycles. The van der Waals surface area contributed by atoms with Crippen molar-refractivity contribution in [2.75, 3.05) is 5.32 Å². The zero-order valence-electron chi connectivity index (χ0n) is 8.17. The van der Waals surface area contributed by atoms with Gasteiger partial charge in [0.1, 0.15) is 0 Å². The van der Waals surface area contributed by atoms with Crippen LogP contribution in [0, 0.1) is 6.92 Å². The highest BCUT2D eigenvalue weighted by Gasteiger charge is 2.07. The van der Waals surface area contributed by atoms with Gasteiger partial charge in [-0.3, -0.25) is 4.79 Å². The maximum absolute atomic E-state index is 11.3. The number of nitrogens with one attached hydrogen (secondary N) is 1. The van der Waals surface area contributed by atoms with E-state index in [0.717, 1.165) is 15.7 Å². The van der Waals surface area contributed by atoms with Gasteiger partial charge in [0.05, 0.1) is 6.04 Å². The highest BCUT2D eigenvalue weighted by molar-refractivity contribution is 9.10. The Kier molecular flexibility index (Phi) is 3.66. The third-order valence-corrected chi connectivity index (χ3v) is 2.73. The summed E-state index contributed by atoms with van der Waals surface area (Å²) in [5.41, 5.74) is 7.28. The molecule has 0 radical (unpaired) electrons. The molecule has 14 heavy (non-hydrogen) atoms. The van der Waals surface area contributed by atoms with Crippen LogP contribution in [-0.2, 0) is 4.79 Å². The number of nitrogens with two attached hydrogens (primary N) is 1. The molecule has 4 heteroatoms. The number of halogens is 1. The molecule has 0 spiro atoms. The van der Waals surface area contributed by atoms with Crippen LogP contribution in [0.2, 0.25) is 0 Å². The SMILES string of the molecule is Cc1cc(NC(=O)[C@H](C)N)ccc1Br. The third-order valence-electron chi connectivity index (χ3n) is 1.84. The molecule has 0 aliphatic heterocycles. The Labute approximate surface area is 91.8 Å². The standard InChI is InChI=1S/C10H13BrN2O/c1-6-5-8(3-4-9(6)11)13-10(14)7(2)12/h3-5,7H,12H2,1-2H3,(H,13,14)/t7-/m0/s1. The van der Waals surface area contributed by atoms with E-state index < -0.39 is 6.04 Å². The molecule has 0 heterocycles. The van der Waals surface area contributed by atoms with Crippen molar-refractivity contribution in [3.8, 4) is 0 Å². The van der Waals surface area contributed by atoms with E-state index in [9.17, 15) is 4.79 Å². The molecule has 1 rings (SSSR count). The summed E-state index contributed by atoms with van der Waals surface area (Å²) in [5, 5.41) is 2.72. The van der Waals surface area contributed by atoms with E-state index in [-0.39, 0.29) is 5.91 Å². The lowest BCUT2D eigenvalue weighted by molar-refractivity contribution is -0.117.